The van der Waals surface area contributed by atoms with E-state index in [1.165, 1.54) is 120 Å². The zero-order chi connectivity index (χ0) is 62.2. The summed E-state index contributed by atoms with van der Waals surface area (Å²) >= 11 is 2.13. The van der Waals surface area contributed by atoms with Crippen molar-refractivity contribution in [2.75, 3.05) is 14.7 Å². The number of allylic oxidation sites excluding steroid dienone is 8. The predicted molar refractivity (Wildman–Crippen MR) is 384 cm³/mol. The van der Waals surface area contributed by atoms with Crippen LogP contribution in [0, 0.1) is 27.6 Å². The maximum atomic E-state index is 7.24. The summed E-state index contributed by atoms with van der Waals surface area (Å²) in [6.45, 7) is 47.2. The molecule has 0 N–H and O–H groups in total. The molecule has 456 valence electrons. The van der Waals surface area contributed by atoms with E-state index in [0.29, 0.717) is 11.8 Å². The van der Waals surface area contributed by atoms with E-state index < -0.39 is 13.6 Å². The van der Waals surface area contributed by atoms with Crippen molar-refractivity contribution >= 4 is 100 Å². The third-order valence-electron chi connectivity index (χ3n) is 24.1. The van der Waals surface area contributed by atoms with Crippen molar-refractivity contribution in [3.05, 3.63) is 169 Å². The van der Waals surface area contributed by atoms with Gasteiger partial charge in [-0.3, -0.25) is 0 Å². The minimum Gasteiger partial charge on any atom is -0.460 e. The van der Waals surface area contributed by atoms with E-state index in [0.717, 1.165) is 37.2 Å². The number of anilines is 6. The Morgan fingerprint density at radius 1 is 0.693 bits per heavy atom. The summed E-state index contributed by atoms with van der Waals surface area (Å²) < 4.78 is 8.73. The fourth-order valence-corrected chi connectivity index (χ4v) is 21.0. The molecule has 3 aromatic carbocycles. The lowest BCUT2D eigenvalue weighted by Crippen LogP contribution is -2.64. The number of hydrogen-bond donors (Lipinski definition) is 0. The molecule has 2 saturated carbocycles. The second-order valence-corrected chi connectivity index (χ2v) is 41.0. The molecule has 5 aromatic rings. The Labute approximate surface area is 534 Å². The summed E-state index contributed by atoms with van der Waals surface area (Å²) in [5.41, 5.74) is 23.8. The molecule has 0 amide bonds. The van der Waals surface area contributed by atoms with Crippen molar-refractivity contribution in [3.8, 4) is 0 Å². The van der Waals surface area contributed by atoms with Gasteiger partial charge in [-0.15, -0.1) is 11.3 Å². The lowest BCUT2D eigenvalue weighted by Gasteiger charge is -2.52. The molecule has 2 aromatic heterocycles. The first-order valence-corrected chi connectivity index (χ1v) is 38.3. The Balaban J connectivity index is 1.09. The Hall–Kier alpha value is -5.76. The first-order valence-electron chi connectivity index (χ1n) is 34.0. The molecule has 0 saturated heterocycles. The van der Waals surface area contributed by atoms with Crippen LogP contribution in [0.2, 0.25) is 19.6 Å². The zero-order valence-corrected chi connectivity index (χ0v) is 58.7. The van der Waals surface area contributed by atoms with E-state index in [-0.39, 0.29) is 50.7 Å². The summed E-state index contributed by atoms with van der Waals surface area (Å²) in [5.74, 6) is 2.90. The molecule has 5 unspecified atom stereocenters. The highest BCUT2D eigenvalue weighted by atomic mass is 32.1. The van der Waals surface area contributed by atoms with Crippen molar-refractivity contribution in [3.63, 3.8) is 0 Å². The van der Waals surface area contributed by atoms with Crippen LogP contribution in [-0.4, -0.2) is 20.8 Å². The predicted octanol–water partition coefficient (Wildman–Crippen LogP) is 21.1. The molecule has 4 nitrogen and oxygen atoms in total. The Bertz CT molecular complexity index is 4100. The van der Waals surface area contributed by atoms with Gasteiger partial charge in [0.15, 0.2) is 0 Å². The molecule has 15 rings (SSSR count). The van der Waals surface area contributed by atoms with Crippen LogP contribution in [0.25, 0.3) is 24.3 Å². The topological polar surface area (TPSA) is 22.9 Å². The van der Waals surface area contributed by atoms with Crippen LogP contribution in [0.1, 0.15) is 224 Å². The van der Waals surface area contributed by atoms with Crippen LogP contribution < -0.4 is 30.4 Å². The van der Waals surface area contributed by atoms with Crippen LogP contribution in [0.5, 0.6) is 0 Å². The number of furan rings is 1. The van der Waals surface area contributed by atoms with E-state index >= 15 is 0 Å². The smallest absolute Gasteiger partial charge is 0.264 e. The third kappa shape index (κ3) is 8.52. The van der Waals surface area contributed by atoms with E-state index in [4.69, 9.17) is 4.42 Å². The fourth-order valence-electron chi connectivity index (χ4n) is 18.3. The first-order chi connectivity index (χ1) is 41.2. The highest BCUT2D eigenvalue weighted by Gasteiger charge is 2.66. The molecular weight excluding hydrogens is 1100 g/mol. The van der Waals surface area contributed by atoms with Crippen molar-refractivity contribution in [1.82, 2.24) is 0 Å². The second kappa shape index (κ2) is 18.9. The number of benzene rings is 3. The average molecular weight is 1200 g/mol. The maximum Gasteiger partial charge on any atom is 0.264 e. The number of hydrogen-bond acceptors (Lipinski definition) is 5. The lowest BCUT2D eigenvalue weighted by atomic mass is 9.35. The summed E-state index contributed by atoms with van der Waals surface area (Å²) in [4.78, 5) is 9.95. The lowest BCUT2D eigenvalue weighted by molar-refractivity contribution is 0.117. The molecule has 0 radical (unpaired) electrons. The van der Waals surface area contributed by atoms with E-state index in [9.17, 15) is 0 Å². The molecule has 2 aliphatic heterocycles. The van der Waals surface area contributed by atoms with Gasteiger partial charge >= 0.3 is 0 Å². The van der Waals surface area contributed by atoms with E-state index in [2.05, 4.69) is 278 Å². The monoisotopic (exact) mass is 1200 g/mol. The van der Waals surface area contributed by atoms with Gasteiger partial charge in [-0.25, -0.2) is 0 Å². The van der Waals surface area contributed by atoms with Gasteiger partial charge in [-0.1, -0.05) is 213 Å². The van der Waals surface area contributed by atoms with Gasteiger partial charge in [0.25, 0.3) is 6.71 Å². The van der Waals surface area contributed by atoms with Gasteiger partial charge in [0.1, 0.15) is 11.5 Å². The number of fused-ring (bicyclic) bond motifs is 10. The highest BCUT2D eigenvalue weighted by molar-refractivity contribution is 7.30. The number of rotatable bonds is 6. The van der Waals surface area contributed by atoms with Gasteiger partial charge in [-0.05, 0) is 179 Å². The first kappa shape index (κ1) is 58.6. The molecule has 88 heavy (non-hydrogen) atoms. The van der Waals surface area contributed by atoms with Crippen LogP contribution >= 0.6 is 11.3 Å². The van der Waals surface area contributed by atoms with Crippen molar-refractivity contribution < 1.29 is 4.42 Å². The zero-order valence-electron chi connectivity index (χ0n) is 56.9. The largest absolute Gasteiger partial charge is 0.460 e. The molecule has 1 spiro atoms. The minimum absolute atomic E-state index is 0.00178. The number of nitrogens with zero attached hydrogens (tertiary/aromatic N) is 3. The number of thiophene rings is 1. The average Bonchev–Trinajstić information content (AvgIpc) is 1.39. The van der Waals surface area contributed by atoms with Gasteiger partial charge in [0.05, 0.1) is 31.0 Å². The molecule has 2 fully saturated rings. The van der Waals surface area contributed by atoms with Gasteiger partial charge in [0.2, 0.25) is 0 Å². The van der Waals surface area contributed by atoms with Crippen molar-refractivity contribution in [2.45, 2.75) is 222 Å². The van der Waals surface area contributed by atoms with Crippen molar-refractivity contribution in [2.24, 2.45) is 27.6 Å². The highest BCUT2D eigenvalue weighted by Crippen LogP contribution is 2.76. The molecule has 0 bridgehead atoms. The summed E-state index contributed by atoms with van der Waals surface area (Å²) in [6, 6.07) is 20.6. The van der Waals surface area contributed by atoms with E-state index in [1.807, 2.05) is 0 Å². The van der Waals surface area contributed by atoms with Gasteiger partial charge in [-0.2, -0.15) is 0 Å². The van der Waals surface area contributed by atoms with Crippen molar-refractivity contribution in [1.29, 1.82) is 0 Å². The Morgan fingerprint density at radius 3 is 2.06 bits per heavy atom. The van der Waals surface area contributed by atoms with Gasteiger partial charge < -0.3 is 19.1 Å². The summed E-state index contributed by atoms with van der Waals surface area (Å²) in [6.07, 6.45) is 40.2. The second-order valence-electron chi connectivity index (χ2n) is 34.9. The molecule has 4 heterocycles. The normalized spacial score (nSPS) is 27.0. The quantitative estimate of drug-likeness (QED) is 0.158. The molecular formula is C81H98BN3OSSi. The van der Waals surface area contributed by atoms with Crippen LogP contribution in [-0.2, 0) is 21.8 Å². The molecule has 8 aliphatic carbocycles. The minimum atomic E-state index is -1.61. The maximum absolute atomic E-state index is 7.24. The van der Waals surface area contributed by atoms with Crippen LogP contribution in [0.4, 0.5) is 34.1 Å². The van der Waals surface area contributed by atoms with Gasteiger partial charge in [0, 0.05) is 66.1 Å². The summed E-state index contributed by atoms with van der Waals surface area (Å²) in [7, 11) is -1.61. The summed E-state index contributed by atoms with van der Waals surface area (Å²) in [5, 5.41) is 1.56. The fraction of sp³-hybridized carbons (Fsp3) is 0.481. The standard InChI is InChI=1S/C81H98BN3OSSi/c1-49-22-20-23-58-69-66(86-72(49)58)24-21-37-80(69,16)85-65-44-56(83(53-29-25-50(26-30-53)74(2,3)4)54-31-27-51(28-32-54)75(5,6)7)43-64-70(65)82(73-71(85)59-45-68-78(12,13)40-41-79(14,15)81(68)48-52(81)42-67(59)87-73)62-46-60-61(77(10,11)39-38-76(60,8)9)47-63(62)84(64)55-33-35-57(36-34-55)88(17,18)19/h20-21,23-27,29-33,35-36,42-47,49,51,55H,22,28,34,37-41,48H2,1-19H3. The molecule has 10 aliphatic rings. The Kier molecular flexibility index (Phi) is 12.6. The SMILES string of the molecule is CC1CC=Cc2c1oc1c2C(C)(N2c3cc(N(C4=CCC(C(C)(C)C)C=C4)c4ccc(C(C)(C)C)cc4)cc4c3B(c3cc5c(cc3N4C3C=CC([Si](C)(C)C)=CC3)C(C)(C)CCC5(C)C)c3sc4c(c32)C=C2C(C)(C)CCC(C)(C)C23CC3=C4)CC=C1. The van der Waals surface area contributed by atoms with Crippen LogP contribution in [0.15, 0.2) is 124 Å². The van der Waals surface area contributed by atoms with E-state index in [1.54, 1.807) is 21.9 Å². The molecule has 5 atom stereocenters. The van der Waals surface area contributed by atoms with Crippen LogP contribution in [0.3, 0.4) is 0 Å². The third-order valence-corrected chi connectivity index (χ3v) is 27.5. The molecule has 7 heteroatoms. The Morgan fingerprint density at radius 2 is 1.40 bits per heavy atom.